The molecule has 1 aliphatic heterocycles. The van der Waals surface area contributed by atoms with E-state index in [-0.39, 0.29) is 73.5 Å². The summed E-state index contributed by atoms with van der Waals surface area (Å²) in [6.45, 7) is 13.2. The Kier molecular flexibility index (Phi) is 11.6. The topological polar surface area (TPSA) is 174 Å². The van der Waals surface area contributed by atoms with Crippen LogP contribution in [-0.4, -0.2) is 87.3 Å². The number of thiazole rings is 1. The number of nitrogens with one attached hydrogen (secondary N) is 1. The molecule has 1 aromatic carbocycles. The Balaban J connectivity index is 1.21. The van der Waals surface area contributed by atoms with Crippen LogP contribution in [0.25, 0.3) is 22.3 Å². The third kappa shape index (κ3) is 8.59. The number of ether oxygens (including phenoxy) is 3. The van der Waals surface area contributed by atoms with Gasteiger partial charge in [-0.3, -0.25) is 24.0 Å². The van der Waals surface area contributed by atoms with E-state index < -0.39 is 46.7 Å². The zero-order valence-corrected chi connectivity index (χ0v) is 35.1. The number of likely N-dealkylation sites (tertiary alicyclic amines) is 1. The number of carboxylic acid groups (broad SMARTS) is 1. The lowest BCUT2D eigenvalue weighted by Crippen LogP contribution is -2.48. The third-order valence-corrected chi connectivity index (χ3v) is 13.2. The molecule has 3 heterocycles. The highest BCUT2D eigenvalue weighted by Gasteiger charge is 2.61. The number of ketones is 1. The van der Waals surface area contributed by atoms with E-state index in [1.165, 1.54) is 22.7 Å². The maximum absolute atomic E-state index is 14.8. The number of rotatable bonds is 17. The molecule has 1 saturated heterocycles. The minimum atomic E-state index is -1.28. The third-order valence-electron chi connectivity index (χ3n) is 12.1. The van der Waals surface area contributed by atoms with Gasteiger partial charge in [-0.05, 0) is 74.8 Å². The summed E-state index contributed by atoms with van der Waals surface area (Å²) in [6, 6.07) is 4.21. The molecule has 4 fully saturated rings. The second-order valence-corrected chi connectivity index (χ2v) is 18.9. The van der Waals surface area contributed by atoms with Gasteiger partial charge in [0.05, 0.1) is 41.6 Å². The maximum atomic E-state index is 14.8. The van der Waals surface area contributed by atoms with Gasteiger partial charge in [0.1, 0.15) is 41.0 Å². The highest BCUT2D eigenvalue weighted by atomic mass is 35.5. The number of nitrogens with zero attached hydrogens (tertiary/aromatic N) is 3. The number of carbonyl (C=O) groups is 5. The molecule has 3 aromatic rings. The van der Waals surface area contributed by atoms with Crippen molar-refractivity contribution in [3.8, 4) is 22.9 Å². The highest BCUT2D eigenvalue weighted by molar-refractivity contribution is 7.14. The van der Waals surface area contributed by atoms with Gasteiger partial charge < -0.3 is 29.5 Å². The molecule has 0 spiro atoms. The SMILES string of the molecule is C=C[C@@H]1CC1(CC(=O)[C@@H]1C[C@@H](Oc2cc(-c3csc(NC(C)C)n3)nc3c(Cl)c(OCC=O)ccc23)CN1C(=O)[C@@H](CC(=O)OC1C[C@@H]2C[C@@H]2C1)C(C)(C)C)C(=O)O. The average molecular weight is 835 g/mol. The van der Waals surface area contributed by atoms with Crippen molar-refractivity contribution in [1.29, 1.82) is 0 Å². The van der Waals surface area contributed by atoms with Crippen molar-refractivity contribution in [2.24, 2.45) is 34.5 Å². The van der Waals surface area contributed by atoms with Gasteiger partial charge >= 0.3 is 11.9 Å². The van der Waals surface area contributed by atoms with Crippen LogP contribution in [0.4, 0.5) is 5.13 Å². The fourth-order valence-electron chi connectivity index (χ4n) is 8.70. The molecule has 7 rings (SSSR count). The number of aromatic nitrogens is 2. The van der Waals surface area contributed by atoms with Crippen LogP contribution in [0.15, 0.2) is 36.2 Å². The largest absolute Gasteiger partial charge is 0.488 e. The van der Waals surface area contributed by atoms with Gasteiger partial charge in [0.2, 0.25) is 5.91 Å². The predicted octanol–water partition coefficient (Wildman–Crippen LogP) is 7.39. The number of hydrogen-bond acceptors (Lipinski definition) is 12. The number of hydrogen-bond donors (Lipinski definition) is 2. The minimum absolute atomic E-state index is 0.000377. The van der Waals surface area contributed by atoms with Crippen molar-refractivity contribution in [1.82, 2.24) is 14.9 Å². The number of Topliss-reactive ketones (excluding diaryl/α,β-unsaturated/α-hetero) is 1. The van der Waals surface area contributed by atoms with Gasteiger partial charge in [0.15, 0.2) is 17.2 Å². The van der Waals surface area contributed by atoms with Gasteiger partial charge in [0, 0.05) is 35.7 Å². The molecule has 2 unspecified atom stereocenters. The van der Waals surface area contributed by atoms with Crippen LogP contribution in [-0.2, 0) is 28.7 Å². The number of aldehydes is 1. The molecule has 58 heavy (non-hydrogen) atoms. The molecule has 0 bridgehead atoms. The van der Waals surface area contributed by atoms with Crippen LogP contribution < -0.4 is 14.8 Å². The molecule has 13 nitrogen and oxygen atoms in total. The van der Waals surface area contributed by atoms with Crippen molar-refractivity contribution >= 4 is 68.9 Å². The lowest BCUT2D eigenvalue weighted by atomic mass is 9.77. The van der Waals surface area contributed by atoms with Crippen molar-refractivity contribution in [2.45, 2.75) is 104 Å². The van der Waals surface area contributed by atoms with Crippen molar-refractivity contribution in [3.05, 3.63) is 41.3 Å². The van der Waals surface area contributed by atoms with E-state index in [1.807, 2.05) is 40.0 Å². The fourth-order valence-corrected chi connectivity index (χ4v) is 9.82. The Bertz CT molecular complexity index is 2120. The molecule has 2 aromatic heterocycles. The molecular weight excluding hydrogens is 784 g/mol. The van der Waals surface area contributed by atoms with E-state index in [9.17, 15) is 29.1 Å². The van der Waals surface area contributed by atoms with Crippen LogP contribution >= 0.6 is 22.9 Å². The number of fused-ring (bicyclic) bond motifs is 2. The van der Waals surface area contributed by atoms with E-state index in [4.69, 9.17) is 35.8 Å². The molecule has 4 aliphatic rings. The van der Waals surface area contributed by atoms with E-state index in [0.717, 1.165) is 12.8 Å². The summed E-state index contributed by atoms with van der Waals surface area (Å²) in [6.07, 6.45) is 4.15. The van der Waals surface area contributed by atoms with Gasteiger partial charge in [-0.1, -0.05) is 38.4 Å². The number of halogens is 1. The standard InChI is InChI=1S/C43H51ClN4O9S/c1-7-25-18-43(25,40(53)54)19-33(50)32-15-27(20-48(32)39(52)29(42(4,5)6)16-36(51)57-26-13-23-12-24(23)14-26)56-35-17-30(31-21-58-41(47-31)45-22(2)3)46-38-28(35)8-9-34(37(38)44)55-11-10-49/h7-10,17,21-27,29,32H,1,11-16,18-20H2,2-6H3,(H,45,47)(H,53,54)/t23-,24+,25-,26?,27-,29-,32+,43?/m1/s1. The molecule has 1 amide bonds. The Labute approximate surface area is 346 Å². The summed E-state index contributed by atoms with van der Waals surface area (Å²) in [7, 11) is 0. The first-order valence-electron chi connectivity index (χ1n) is 20.0. The van der Waals surface area contributed by atoms with Crippen molar-refractivity contribution < 1.29 is 43.3 Å². The number of pyridine rings is 1. The Morgan fingerprint density at radius 2 is 1.83 bits per heavy atom. The van der Waals surface area contributed by atoms with E-state index >= 15 is 0 Å². The molecule has 3 saturated carbocycles. The van der Waals surface area contributed by atoms with E-state index in [1.54, 1.807) is 24.3 Å². The van der Waals surface area contributed by atoms with Gasteiger partial charge in [-0.25, -0.2) is 9.97 Å². The number of esters is 1. The molecule has 310 valence electrons. The second-order valence-electron chi connectivity index (χ2n) is 17.7. The quantitative estimate of drug-likeness (QED) is 0.0786. The maximum Gasteiger partial charge on any atom is 0.310 e. The number of carbonyl (C=O) groups excluding carboxylic acids is 4. The summed E-state index contributed by atoms with van der Waals surface area (Å²) < 4.78 is 18.2. The van der Waals surface area contributed by atoms with Crippen LogP contribution in [0.5, 0.6) is 11.5 Å². The summed E-state index contributed by atoms with van der Waals surface area (Å²) in [5, 5.41) is 16.7. The first kappa shape index (κ1) is 41.6. The van der Waals surface area contributed by atoms with Gasteiger partial charge in [0.25, 0.3) is 0 Å². The zero-order valence-electron chi connectivity index (χ0n) is 33.5. The van der Waals surface area contributed by atoms with Gasteiger partial charge in [-0.2, -0.15) is 0 Å². The molecule has 0 radical (unpaired) electrons. The van der Waals surface area contributed by atoms with Crippen LogP contribution in [0.1, 0.15) is 79.6 Å². The fraction of sp³-hybridized carbons (Fsp3) is 0.558. The number of anilines is 1. The van der Waals surface area contributed by atoms with E-state index in [2.05, 4.69) is 11.9 Å². The monoisotopic (exact) mass is 834 g/mol. The van der Waals surface area contributed by atoms with Gasteiger partial charge in [-0.15, -0.1) is 17.9 Å². The highest BCUT2D eigenvalue weighted by Crippen LogP contribution is 2.57. The smallest absolute Gasteiger partial charge is 0.310 e. The number of carboxylic acids is 1. The molecule has 2 N–H and O–H groups in total. The molecule has 3 aliphatic carbocycles. The van der Waals surface area contributed by atoms with Crippen LogP contribution in [0.2, 0.25) is 5.02 Å². The second kappa shape index (κ2) is 16.2. The summed E-state index contributed by atoms with van der Waals surface area (Å²) >= 11 is 8.26. The summed E-state index contributed by atoms with van der Waals surface area (Å²) in [5.74, 6) is -1.63. The Morgan fingerprint density at radius 3 is 2.47 bits per heavy atom. The molecular formula is C43H51ClN4O9S. The predicted molar refractivity (Wildman–Crippen MR) is 219 cm³/mol. The minimum Gasteiger partial charge on any atom is -0.488 e. The number of benzene rings is 1. The van der Waals surface area contributed by atoms with E-state index in [0.29, 0.717) is 51.3 Å². The van der Waals surface area contributed by atoms with Crippen LogP contribution in [0, 0.1) is 34.5 Å². The van der Waals surface area contributed by atoms with Crippen molar-refractivity contribution in [3.63, 3.8) is 0 Å². The first-order chi connectivity index (χ1) is 27.5. The first-order valence-corrected chi connectivity index (χ1v) is 21.2. The normalized spacial score (nSPS) is 26.5. The Morgan fingerprint density at radius 1 is 1.09 bits per heavy atom. The number of allylic oxidation sites excluding steroid dienone is 1. The molecule has 15 heteroatoms. The lowest BCUT2D eigenvalue weighted by molar-refractivity contribution is -0.157. The lowest BCUT2D eigenvalue weighted by Gasteiger charge is -2.35. The number of aliphatic carboxylic acids is 1. The Hall–Kier alpha value is -4.56. The molecule has 8 atom stereocenters. The summed E-state index contributed by atoms with van der Waals surface area (Å²) in [4.78, 5) is 77.1. The number of amides is 1. The van der Waals surface area contributed by atoms with Crippen molar-refractivity contribution in [2.75, 3.05) is 18.5 Å². The van der Waals surface area contributed by atoms with Crippen LogP contribution in [0.3, 0.4) is 0 Å². The zero-order chi connectivity index (χ0) is 41.7. The summed E-state index contributed by atoms with van der Waals surface area (Å²) in [5.41, 5.74) is -0.625. The average Bonchev–Trinajstić information content (AvgIpc) is 3.83.